The van der Waals surface area contributed by atoms with Crippen LogP contribution < -0.4 is 0 Å². The zero-order valence-electron chi connectivity index (χ0n) is 9.20. The standard InChI is InChI=1S/C11H15ClN2O/c1-13(2)11(15)14(3)8-9-6-4-5-7-10(9)12/h4-7H,8H2,1-3H3. The Morgan fingerprint density at radius 2 is 1.87 bits per heavy atom. The molecule has 0 aliphatic carbocycles. The van der Waals surface area contributed by atoms with E-state index in [1.54, 1.807) is 26.0 Å². The Hall–Kier alpha value is -1.22. The van der Waals surface area contributed by atoms with Crippen LogP contribution in [0.5, 0.6) is 0 Å². The number of hydrogen-bond donors (Lipinski definition) is 0. The van der Waals surface area contributed by atoms with Gasteiger partial charge >= 0.3 is 6.03 Å². The lowest BCUT2D eigenvalue weighted by atomic mass is 10.2. The monoisotopic (exact) mass is 226 g/mol. The van der Waals surface area contributed by atoms with Crippen LogP contribution in [0.4, 0.5) is 4.79 Å². The fourth-order valence-electron chi connectivity index (χ4n) is 1.29. The first-order chi connectivity index (χ1) is 7.02. The van der Waals surface area contributed by atoms with Crippen molar-refractivity contribution in [3.05, 3.63) is 34.9 Å². The number of urea groups is 1. The zero-order valence-corrected chi connectivity index (χ0v) is 9.95. The summed E-state index contributed by atoms with van der Waals surface area (Å²) in [5.74, 6) is 0. The fourth-order valence-corrected chi connectivity index (χ4v) is 1.49. The second-order valence-corrected chi connectivity index (χ2v) is 4.03. The fraction of sp³-hybridized carbons (Fsp3) is 0.364. The van der Waals surface area contributed by atoms with Gasteiger partial charge < -0.3 is 9.80 Å². The van der Waals surface area contributed by atoms with Gasteiger partial charge in [-0.2, -0.15) is 0 Å². The van der Waals surface area contributed by atoms with Crippen molar-refractivity contribution < 1.29 is 4.79 Å². The molecule has 0 aliphatic heterocycles. The Morgan fingerprint density at radius 3 is 2.40 bits per heavy atom. The van der Waals surface area contributed by atoms with Crippen LogP contribution in [0.1, 0.15) is 5.56 Å². The maximum absolute atomic E-state index is 11.6. The maximum atomic E-state index is 11.6. The summed E-state index contributed by atoms with van der Waals surface area (Å²) in [4.78, 5) is 14.7. The molecular formula is C11H15ClN2O. The molecule has 3 nitrogen and oxygen atoms in total. The minimum absolute atomic E-state index is 0.0325. The molecule has 0 aromatic heterocycles. The summed E-state index contributed by atoms with van der Waals surface area (Å²) in [5, 5.41) is 0.691. The van der Waals surface area contributed by atoms with Gasteiger partial charge in [-0.25, -0.2) is 4.79 Å². The molecule has 82 valence electrons. The van der Waals surface area contributed by atoms with Gasteiger partial charge in [0.15, 0.2) is 0 Å². The Bertz CT molecular complexity index is 352. The largest absolute Gasteiger partial charge is 0.331 e. The first kappa shape index (κ1) is 11.9. The lowest BCUT2D eigenvalue weighted by Gasteiger charge is -2.22. The Kier molecular flexibility index (Phi) is 3.97. The first-order valence-corrected chi connectivity index (χ1v) is 5.06. The van der Waals surface area contributed by atoms with Crippen LogP contribution in [0, 0.1) is 0 Å². The summed E-state index contributed by atoms with van der Waals surface area (Å²) in [6.07, 6.45) is 0. The number of amides is 2. The lowest BCUT2D eigenvalue weighted by Crippen LogP contribution is -2.35. The van der Waals surface area contributed by atoms with E-state index in [1.807, 2.05) is 24.3 Å². The topological polar surface area (TPSA) is 23.6 Å². The van der Waals surface area contributed by atoms with Crippen molar-refractivity contribution in [3.8, 4) is 0 Å². The average molecular weight is 227 g/mol. The van der Waals surface area contributed by atoms with Crippen molar-refractivity contribution in [2.75, 3.05) is 21.1 Å². The van der Waals surface area contributed by atoms with Crippen LogP contribution in [-0.2, 0) is 6.54 Å². The highest BCUT2D eigenvalue weighted by Crippen LogP contribution is 2.16. The van der Waals surface area contributed by atoms with Crippen LogP contribution >= 0.6 is 11.6 Å². The summed E-state index contributed by atoms with van der Waals surface area (Å²) < 4.78 is 0. The predicted molar refractivity (Wildman–Crippen MR) is 62.0 cm³/mol. The van der Waals surface area contributed by atoms with E-state index in [4.69, 9.17) is 11.6 Å². The second kappa shape index (κ2) is 5.03. The number of rotatable bonds is 2. The highest BCUT2D eigenvalue weighted by molar-refractivity contribution is 6.31. The minimum Gasteiger partial charge on any atom is -0.331 e. The maximum Gasteiger partial charge on any atom is 0.319 e. The summed E-state index contributed by atoms with van der Waals surface area (Å²) in [5.41, 5.74) is 0.955. The van der Waals surface area contributed by atoms with Gasteiger partial charge in [0, 0.05) is 32.7 Å². The Labute approximate surface area is 95.2 Å². The van der Waals surface area contributed by atoms with E-state index in [9.17, 15) is 4.79 Å². The van der Waals surface area contributed by atoms with Gasteiger partial charge in [-0.05, 0) is 11.6 Å². The number of nitrogens with zero attached hydrogens (tertiary/aromatic N) is 2. The number of hydrogen-bond acceptors (Lipinski definition) is 1. The number of halogens is 1. The van der Waals surface area contributed by atoms with Crippen molar-refractivity contribution in [1.82, 2.24) is 9.80 Å². The third-order valence-corrected chi connectivity index (χ3v) is 2.44. The molecule has 0 saturated heterocycles. The minimum atomic E-state index is -0.0325. The summed E-state index contributed by atoms with van der Waals surface area (Å²) in [7, 11) is 5.21. The van der Waals surface area contributed by atoms with Crippen molar-refractivity contribution >= 4 is 17.6 Å². The van der Waals surface area contributed by atoms with E-state index in [1.165, 1.54) is 4.90 Å². The van der Waals surface area contributed by atoms with Crippen LogP contribution in [0.15, 0.2) is 24.3 Å². The molecule has 0 saturated carbocycles. The van der Waals surface area contributed by atoms with Crippen LogP contribution in [-0.4, -0.2) is 37.0 Å². The normalized spacial score (nSPS) is 9.87. The number of carbonyl (C=O) groups is 1. The summed E-state index contributed by atoms with van der Waals surface area (Å²) in [6.45, 7) is 0.524. The molecular weight excluding hydrogens is 212 g/mol. The van der Waals surface area contributed by atoms with Gasteiger partial charge in [0.2, 0.25) is 0 Å². The number of benzene rings is 1. The molecule has 1 aromatic carbocycles. The van der Waals surface area contributed by atoms with Gasteiger partial charge in [-0.1, -0.05) is 29.8 Å². The molecule has 0 radical (unpaired) electrons. The highest BCUT2D eigenvalue weighted by atomic mass is 35.5. The van der Waals surface area contributed by atoms with Crippen LogP contribution in [0.3, 0.4) is 0 Å². The van der Waals surface area contributed by atoms with E-state index >= 15 is 0 Å². The molecule has 0 fully saturated rings. The Balaban J connectivity index is 2.71. The summed E-state index contributed by atoms with van der Waals surface area (Å²) in [6, 6.07) is 7.50. The van der Waals surface area contributed by atoms with Crippen molar-refractivity contribution in [2.24, 2.45) is 0 Å². The SMILES string of the molecule is CN(C)C(=O)N(C)Cc1ccccc1Cl. The van der Waals surface area contributed by atoms with E-state index in [-0.39, 0.29) is 6.03 Å². The molecule has 2 amide bonds. The van der Waals surface area contributed by atoms with Gasteiger partial charge in [0.05, 0.1) is 0 Å². The Morgan fingerprint density at radius 1 is 1.27 bits per heavy atom. The molecule has 0 heterocycles. The zero-order chi connectivity index (χ0) is 11.4. The van der Waals surface area contributed by atoms with E-state index in [0.717, 1.165) is 5.56 Å². The molecule has 0 aliphatic rings. The third kappa shape index (κ3) is 3.13. The van der Waals surface area contributed by atoms with Gasteiger partial charge in [-0.15, -0.1) is 0 Å². The van der Waals surface area contributed by atoms with Gasteiger partial charge in [0.1, 0.15) is 0 Å². The molecule has 4 heteroatoms. The predicted octanol–water partition coefficient (Wildman–Crippen LogP) is 2.45. The molecule has 0 spiro atoms. The number of carbonyl (C=O) groups excluding carboxylic acids is 1. The lowest BCUT2D eigenvalue weighted by molar-refractivity contribution is 0.180. The van der Waals surface area contributed by atoms with E-state index in [0.29, 0.717) is 11.6 Å². The molecule has 15 heavy (non-hydrogen) atoms. The smallest absolute Gasteiger partial charge is 0.319 e. The van der Waals surface area contributed by atoms with Gasteiger partial charge in [0.25, 0.3) is 0 Å². The van der Waals surface area contributed by atoms with Gasteiger partial charge in [-0.3, -0.25) is 0 Å². The third-order valence-electron chi connectivity index (χ3n) is 2.07. The molecule has 0 unspecified atom stereocenters. The molecule has 0 bridgehead atoms. The van der Waals surface area contributed by atoms with E-state index < -0.39 is 0 Å². The quantitative estimate of drug-likeness (QED) is 0.760. The molecule has 0 atom stereocenters. The van der Waals surface area contributed by atoms with Crippen LogP contribution in [0.2, 0.25) is 5.02 Å². The highest BCUT2D eigenvalue weighted by Gasteiger charge is 2.11. The molecule has 1 rings (SSSR count). The molecule has 0 N–H and O–H groups in total. The second-order valence-electron chi connectivity index (χ2n) is 3.62. The first-order valence-electron chi connectivity index (χ1n) is 4.68. The average Bonchev–Trinajstić information content (AvgIpc) is 2.20. The van der Waals surface area contributed by atoms with Crippen LogP contribution in [0.25, 0.3) is 0 Å². The molecule has 1 aromatic rings. The van der Waals surface area contributed by atoms with Crippen molar-refractivity contribution in [2.45, 2.75) is 6.54 Å². The van der Waals surface area contributed by atoms with E-state index in [2.05, 4.69) is 0 Å². The summed E-state index contributed by atoms with van der Waals surface area (Å²) >= 11 is 6.00. The van der Waals surface area contributed by atoms with Crippen molar-refractivity contribution in [3.63, 3.8) is 0 Å². The van der Waals surface area contributed by atoms with Crippen molar-refractivity contribution in [1.29, 1.82) is 0 Å².